The lowest BCUT2D eigenvalue weighted by molar-refractivity contribution is 0.329. The molecule has 2 aliphatic rings. The van der Waals surface area contributed by atoms with Crippen molar-refractivity contribution in [3.8, 4) is 0 Å². The highest BCUT2D eigenvalue weighted by atomic mass is 15.0. The average molecular weight is 210 g/mol. The van der Waals surface area contributed by atoms with Gasteiger partial charge in [0.2, 0.25) is 0 Å². The Morgan fingerprint density at radius 2 is 1.87 bits per heavy atom. The van der Waals surface area contributed by atoms with Crippen molar-refractivity contribution in [3.05, 3.63) is 0 Å². The van der Waals surface area contributed by atoms with Crippen molar-refractivity contribution < 1.29 is 0 Å². The van der Waals surface area contributed by atoms with E-state index >= 15 is 0 Å². The Hall–Kier alpha value is -0.0800. The molecule has 0 amide bonds. The minimum atomic E-state index is 0.698. The second-order valence-corrected chi connectivity index (χ2v) is 5.43. The zero-order chi connectivity index (χ0) is 10.5. The third-order valence-electron chi connectivity index (χ3n) is 3.93. The van der Waals surface area contributed by atoms with Gasteiger partial charge in [-0.3, -0.25) is 0 Å². The van der Waals surface area contributed by atoms with E-state index in [4.69, 9.17) is 0 Å². The lowest BCUT2D eigenvalue weighted by Gasteiger charge is -2.28. The predicted molar refractivity (Wildman–Crippen MR) is 65.1 cm³/mol. The summed E-state index contributed by atoms with van der Waals surface area (Å²) in [6.07, 6.45) is 11.2. The zero-order valence-electron chi connectivity index (χ0n) is 10.1. The van der Waals surface area contributed by atoms with Crippen LogP contribution in [0.5, 0.6) is 0 Å². The maximum Gasteiger partial charge on any atom is 0.00817 e. The highest BCUT2D eigenvalue weighted by Crippen LogP contribution is 2.19. The molecule has 1 saturated heterocycles. The van der Waals surface area contributed by atoms with Gasteiger partial charge in [0.1, 0.15) is 0 Å². The van der Waals surface area contributed by atoms with Gasteiger partial charge in [0.25, 0.3) is 0 Å². The molecule has 2 fully saturated rings. The van der Waals surface area contributed by atoms with Gasteiger partial charge in [-0.15, -0.1) is 0 Å². The molecule has 1 aliphatic carbocycles. The molecule has 0 radical (unpaired) electrons. The Morgan fingerprint density at radius 3 is 2.53 bits per heavy atom. The summed E-state index contributed by atoms with van der Waals surface area (Å²) in [7, 11) is 0. The van der Waals surface area contributed by atoms with Crippen molar-refractivity contribution in [3.63, 3.8) is 0 Å². The Kier molecular flexibility index (Phi) is 4.45. The summed E-state index contributed by atoms with van der Waals surface area (Å²) in [5.41, 5.74) is 0. The molecule has 2 nitrogen and oxygen atoms in total. The molecule has 1 heterocycles. The maximum atomic E-state index is 3.79. The summed E-state index contributed by atoms with van der Waals surface area (Å²) in [4.78, 5) is 0. The van der Waals surface area contributed by atoms with E-state index < -0.39 is 0 Å². The van der Waals surface area contributed by atoms with E-state index in [2.05, 4.69) is 17.6 Å². The highest BCUT2D eigenvalue weighted by Gasteiger charge is 2.20. The number of nitrogens with one attached hydrogen (secondary N) is 2. The summed E-state index contributed by atoms with van der Waals surface area (Å²) in [6, 6.07) is 2.30. The van der Waals surface area contributed by atoms with E-state index in [1.165, 1.54) is 57.9 Å². The molecule has 2 heteroatoms. The molecular formula is C13H26N2. The molecule has 1 saturated carbocycles. The smallest absolute Gasteiger partial charge is 0.00817 e. The van der Waals surface area contributed by atoms with Gasteiger partial charge in [0, 0.05) is 18.1 Å². The lowest BCUT2D eigenvalue weighted by Crippen LogP contribution is -2.42. The van der Waals surface area contributed by atoms with Gasteiger partial charge in [-0.25, -0.2) is 0 Å². The first-order chi connectivity index (χ1) is 7.34. The highest BCUT2D eigenvalue weighted by molar-refractivity contribution is 4.81. The normalized spacial score (nSPS) is 30.6. The maximum absolute atomic E-state index is 3.79. The van der Waals surface area contributed by atoms with Crippen LogP contribution in [0.1, 0.15) is 58.3 Å². The average Bonchev–Trinajstić information content (AvgIpc) is 2.71. The van der Waals surface area contributed by atoms with Gasteiger partial charge in [-0.05, 0) is 45.6 Å². The van der Waals surface area contributed by atoms with E-state index in [9.17, 15) is 0 Å². The Bertz CT molecular complexity index is 169. The van der Waals surface area contributed by atoms with Crippen LogP contribution in [0.25, 0.3) is 0 Å². The molecule has 0 bridgehead atoms. The molecule has 0 aromatic rings. The summed E-state index contributed by atoms with van der Waals surface area (Å²) in [5, 5.41) is 7.42. The van der Waals surface area contributed by atoms with E-state index in [1.54, 1.807) is 0 Å². The van der Waals surface area contributed by atoms with Gasteiger partial charge in [0.05, 0.1) is 0 Å². The van der Waals surface area contributed by atoms with Gasteiger partial charge in [-0.1, -0.05) is 19.3 Å². The van der Waals surface area contributed by atoms with Crippen molar-refractivity contribution in [2.45, 2.75) is 76.4 Å². The quantitative estimate of drug-likeness (QED) is 0.745. The minimum absolute atomic E-state index is 0.698. The minimum Gasteiger partial charge on any atom is -0.314 e. The number of hydrogen-bond acceptors (Lipinski definition) is 2. The Labute approximate surface area is 94.2 Å². The first-order valence-corrected chi connectivity index (χ1v) is 6.84. The van der Waals surface area contributed by atoms with Gasteiger partial charge in [-0.2, -0.15) is 0 Å². The second kappa shape index (κ2) is 5.86. The van der Waals surface area contributed by atoms with Crippen molar-refractivity contribution >= 4 is 0 Å². The van der Waals surface area contributed by atoms with Crippen molar-refractivity contribution in [1.29, 1.82) is 0 Å². The molecule has 88 valence electrons. The van der Waals surface area contributed by atoms with E-state index in [0.717, 1.165) is 12.1 Å². The zero-order valence-corrected chi connectivity index (χ0v) is 10.1. The predicted octanol–water partition coefficient (Wildman–Crippen LogP) is 2.44. The first-order valence-electron chi connectivity index (χ1n) is 6.84. The van der Waals surface area contributed by atoms with Crippen molar-refractivity contribution in [1.82, 2.24) is 10.6 Å². The molecule has 2 atom stereocenters. The van der Waals surface area contributed by atoms with Gasteiger partial charge < -0.3 is 10.6 Å². The van der Waals surface area contributed by atoms with Crippen LogP contribution in [-0.4, -0.2) is 24.7 Å². The fourth-order valence-corrected chi connectivity index (χ4v) is 3.11. The van der Waals surface area contributed by atoms with Crippen LogP contribution < -0.4 is 10.6 Å². The summed E-state index contributed by atoms with van der Waals surface area (Å²) in [5.74, 6) is 0. The van der Waals surface area contributed by atoms with Gasteiger partial charge in [0.15, 0.2) is 0 Å². The molecule has 2 unspecified atom stereocenters. The number of piperidine rings is 1. The monoisotopic (exact) mass is 210 g/mol. The molecule has 15 heavy (non-hydrogen) atoms. The van der Waals surface area contributed by atoms with Crippen LogP contribution in [0.15, 0.2) is 0 Å². The summed E-state index contributed by atoms with van der Waals surface area (Å²) < 4.78 is 0. The van der Waals surface area contributed by atoms with Gasteiger partial charge >= 0.3 is 0 Å². The SMILES string of the molecule is CC(CC1CCCCN1)NC1CCCC1. The summed E-state index contributed by atoms with van der Waals surface area (Å²) in [6.45, 7) is 3.59. The second-order valence-electron chi connectivity index (χ2n) is 5.43. The Balaban J connectivity index is 1.64. The molecule has 1 aliphatic heterocycles. The van der Waals surface area contributed by atoms with Crippen LogP contribution in [0.4, 0.5) is 0 Å². The molecule has 0 aromatic heterocycles. The third-order valence-corrected chi connectivity index (χ3v) is 3.93. The number of rotatable bonds is 4. The molecule has 0 aromatic carbocycles. The van der Waals surface area contributed by atoms with Crippen molar-refractivity contribution in [2.24, 2.45) is 0 Å². The fraction of sp³-hybridized carbons (Fsp3) is 1.00. The molecule has 0 spiro atoms. The van der Waals surface area contributed by atoms with E-state index in [1.807, 2.05) is 0 Å². The Morgan fingerprint density at radius 1 is 1.13 bits per heavy atom. The van der Waals surface area contributed by atoms with Crippen LogP contribution in [0.3, 0.4) is 0 Å². The standard InChI is InChI=1S/C13H26N2/c1-11(15-12-6-2-3-7-12)10-13-8-4-5-9-14-13/h11-15H,2-10H2,1H3. The molecule has 2 rings (SSSR count). The van der Waals surface area contributed by atoms with E-state index in [-0.39, 0.29) is 0 Å². The topological polar surface area (TPSA) is 24.1 Å². The molecule has 2 N–H and O–H groups in total. The molecular weight excluding hydrogens is 184 g/mol. The summed E-state index contributed by atoms with van der Waals surface area (Å²) >= 11 is 0. The van der Waals surface area contributed by atoms with Crippen LogP contribution in [0.2, 0.25) is 0 Å². The largest absolute Gasteiger partial charge is 0.314 e. The first kappa shape index (κ1) is 11.4. The number of hydrogen-bond donors (Lipinski definition) is 2. The third kappa shape index (κ3) is 3.76. The van der Waals surface area contributed by atoms with E-state index in [0.29, 0.717) is 6.04 Å². The fourth-order valence-electron chi connectivity index (χ4n) is 3.11. The lowest BCUT2D eigenvalue weighted by atomic mass is 9.98. The van der Waals surface area contributed by atoms with Crippen LogP contribution in [-0.2, 0) is 0 Å². The van der Waals surface area contributed by atoms with Crippen LogP contribution >= 0.6 is 0 Å². The van der Waals surface area contributed by atoms with Crippen molar-refractivity contribution in [2.75, 3.05) is 6.54 Å². The van der Waals surface area contributed by atoms with Crippen LogP contribution in [0, 0.1) is 0 Å².